The number of carbonyl (C=O) groups excluding carboxylic acids is 6. The average molecular weight is 842 g/mol. The summed E-state index contributed by atoms with van der Waals surface area (Å²) in [6.45, 7) is 10.9. The van der Waals surface area contributed by atoms with Crippen LogP contribution in [0.4, 0.5) is 0 Å². The highest BCUT2D eigenvalue weighted by Gasteiger charge is 2.55. The molecule has 2 aliphatic heterocycles. The number of nitrogens with one attached hydrogen (secondary N) is 3. The third-order valence-corrected chi connectivity index (χ3v) is 12.6. The highest BCUT2D eigenvalue weighted by molar-refractivity contribution is 6.38. The third-order valence-electron chi connectivity index (χ3n) is 12.4. The van der Waals surface area contributed by atoms with Gasteiger partial charge < -0.3 is 25.7 Å². The van der Waals surface area contributed by atoms with E-state index in [4.69, 9.17) is 16.4 Å². The summed E-state index contributed by atoms with van der Waals surface area (Å²) in [7, 11) is 0. The number of amides is 4. The summed E-state index contributed by atoms with van der Waals surface area (Å²) in [5.74, 6) is -2.59. The summed E-state index contributed by atoms with van der Waals surface area (Å²) in [6, 6.07) is 9.25. The molecular weight excluding hydrogens is 782 g/mol. The molecule has 12 nitrogen and oxygen atoms in total. The lowest BCUT2D eigenvalue weighted by Gasteiger charge is -2.36. The Labute approximate surface area is 358 Å². The lowest BCUT2D eigenvalue weighted by Crippen LogP contribution is -2.59. The van der Waals surface area contributed by atoms with Crippen LogP contribution in [0.2, 0.25) is 5.02 Å². The number of likely N-dealkylation sites (tertiary alicyclic amines) is 1. The van der Waals surface area contributed by atoms with Crippen LogP contribution < -0.4 is 16.0 Å². The Bertz CT molecular complexity index is 2070. The van der Waals surface area contributed by atoms with Crippen molar-refractivity contribution >= 4 is 58.1 Å². The zero-order chi connectivity index (χ0) is 43.4. The molecule has 2 aromatic carbocycles. The monoisotopic (exact) mass is 841 g/mol. The molecule has 2 aliphatic carbocycles. The topological polar surface area (TPSA) is 163 Å². The first kappa shape index (κ1) is 44.7. The highest BCUT2D eigenvalue weighted by atomic mass is 35.5. The number of benzene rings is 2. The standard InChI is InChI=1S/C47H60ClN5O7/c1-7-12-37(41(56)44(58)49-28(2)21-33-20-18-31-17-19-32(29(3)54)24-36(31)33)50-43(57)39-26-47(25-38(52-60-47)34-15-11-16-35(48)23-34)27-53(39)45(59)42(46(4,5)6)51-40(55)22-30-13-9-8-10-14-30/h11,15-17,19-20,23-24,28,30,37,39,42H,7-10,12-14,18,21-22,25-27H2,1-6H3,(H,49,58)(H,50,57)(H,51,55)/t28?,37-,39-,42+,47+/m0/s1. The van der Waals surface area contributed by atoms with E-state index in [1.165, 1.54) is 18.2 Å². The molecule has 0 bridgehead atoms. The number of hydrogen-bond acceptors (Lipinski definition) is 8. The molecule has 60 heavy (non-hydrogen) atoms. The maximum Gasteiger partial charge on any atom is 0.289 e. The van der Waals surface area contributed by atoms with Gasteiger partial charge in [-0.05, 0) is 92.2 Å². The molecular formula is C47H60ClN5O7. The molecule has 1 saturated carbocycles. The van der Waals surface area contributed by atoms with E-state index in [0.29, 0.717) is 42.0 Å². The maximum absolute atomic E-state index is 14.8. The van der Waals surface area contributed by atoms with Gasteiger partial charge in [-0.1, -0.05) is 100 Å². The fraction of sp³-hybridized carbons (Fsp3) is 0.553. The maximum atomic E-state index is 14.8. The van der Waals surface area contributed by atoms with Gasteiger partial charge in [0.2, 0.25) is 23.5 Å². The molecule has 13 heteroatoms. The van der Waals surface area contributed by atoms with E-state index in [1.54, 1.807) is 12.1 Å². The van der Waals surface area contributed by atoms with Crippen molar-refractivity contribution in [3.63, 3.8) is 0 Å². The molecule has 4 aliphatic rings. The van der Waals surface area contributed by atoms with Crippen LogP contribution in [-0.2, 0) is 35.2 Å². The number of rotatable bonds is 15. The number of nitrogens with zero attached hydrogens (tertiary/aromatic N) is 2. The molecule has 5 atom stereocenters. The van der Waals surface area contributed by atoms with Crippen LogP contribution in [0.5, 0.6) is 0 Å². The molecule has 1 unspecified atom stereocenters. The fourth-order valence-corrected chi connectivity index (χ4v) is 9.30. The second-order valence-electron chi connectivity index (χ2n) is 18.4. The first-order chi connectivity index (χ1) is 28.5. The molecule has 2 fully saturated rings. The largest absolute Gasteiger partial charge is 0.387 e. The van der Waals surface area contributed by atoms with Crippen molar-refractivity contribution in [1.29, 1.82) is 0 Å². The Kier molecular flexibility index (Phi) is 14.0. The SMILES string of the molecule is CCC[C@H](NC(=O)[C@@H]1C[C@]2(CC(c3cccc(Cl)c3)=NO2)CN1C(=O)[C@@H](NC(=O)CC1CCCCC1)C(C)(C)C)C(=O)C(=O)NC(C)CC1=CCc2ccc(C(C)=O)cc21. The minimum Gasteiger partial charge on any atom is -0.387 e. The van der Waals surface area contributed by atoms with Crippen LogP contribution in [-0.4, -0.2) is 82.1 Å². The van der Waals surface area contributed by atoms with Gasteiger partial charge in [-0.3, -0.25) is 28.8 Å². The number of ketones is 2. The zero-order valence-electron chi connectivity index (χ0n) is 35.8. The van der Waals surface area contributed by atoms with Gasteiger partial charge in [0.25, 0.3) is 5.91 Å². The minimum absolute atomic E-state index is 0.0137. The predicted octanol–water partition coefficient (Wildman–Crippen LogP) is 6.90. The quantitative estimate of drug-likeness (QED) is 0.130. The Balaban J connectivity index is 1.18. The summed E-state index contributed by atoms with van der Waals surface area (Å²) in [5.41, 5.74) is 3.28. The van der Waals surface area contributed by atoms with Gasteiger partial charge in [-0.15, -0.1) is 0 Å². The summed E-state index contributed by atoms with van der Waals surface area (Å²) >= 11 is 6.30. The van der Waals surface area contributed by atoms with E-state index in [-0.39, 0.29) is 37.0 Å². The van der Waals surface area contributed by atoms with E-state index in [1.807, 2.05) is 65.0 Å². The van der Waals surface area contributed by atoms with Crippen molar-refractivity contribution in [2.24, 2.45) is 16.5 Å². The Hall–Kier alpha value is -4.84. The number of hydrogen-bond donors (Lipinski definition) is 3. The van der Waals surface area contributed by atoms with Gasteiger partial charge in [0.1, 0.15) is 12.1 Å². The van der Waals surface area contributed by atoms with Gasteiger partial charge >= 0.3 is 0 Å². The molecule has 2 aromatic rings. The van der Waals surface area contributed by atoms with Crippen LogP contribution in [0.1, 0.15) is 139 Å². The molecule has 6 rings (SSSR count). The molecule has 2 heterocycles. The number of halogens is 1. The summed E-state index contributed by atoms with van der Waals surface area (Å²) in [5, 5.41) is 13.6. The molecule has 3 N–H and O–H groups in total. The van der Waals surface area contributed by atoms with E-state index in [0.717, 1.165) is 54.4 Å². The van der Waals surface area contributed by atoms with Crippen molar-refractivity contribution in [3.8, 4) is 0 Å². The Morgan fingerprint density at radius 1 is 1.00 bits per heavy atom. The van der Waals surface area contributed by atoms with E-state index >= 15 is 0 Å². The van der Waals surface area contributed by atoms with Gasteiger partial charge in [0, 0.05) is 41.5 Å². The van der Waals surface area contributed by atoms with Crippen LogP contribution in [0.15, 0.2) is 53.7 Å². The van der Waals surface area contributed by atoms with E-state index in [9.17, 15) is 28.8 Å². The molecule has 322 valence electrons. The van der Waals surface area contributed by atoms with Gasteiger partial charge in [-0.2, -0.15) is 0 Å². The fourth-order valence-electron chi connectivity index (χ4n) is 9.11. The number of oxime groups is 1. The van der Waals surface area contributed by atoms with Gasteiger partial charge in [0.15, 0.2) is 11.4 Å². The van der Waals surface area contributed by atoms with Crippen molar-refractivity contribution in [3.05, 3.63) is 75.8 Å². The second-order valence-corrected chi connectivity index (χ2v) is 18.9. The minimum atomic E-state index is -1.15. The van der Waals surface area contributed by atoms with Crippen molar-refractivity contribution in [2.75, 3.05) is 6.54 Å². The summed E-state index contributed by atoms with van der Waals surface area (Å²) in [6.07, 6.45) is 9.95. The summed E-state index contributed by atoms with van der Waals surface area (Å²) < 4.78 is 0. The zero-order valence-corrected chi connectivity index (χ0v) is 36.6. The van der Waals surface area contributed by atoms with Crippen molar-refractivity contribution in [2.45, 2.75) is 148 Å². The lowest BCUT2D eigenvalue weighted by molar-refractivity contribution is -0.145. The average Bonchev–Trinajstić information content (AvgIpc) is 3.92. The smallest absolute Gasteiger partial charge is 0.289 e. The number of carbonyl (C=O) groups is 6. The number of allylic oxidation sites excluding steroid dienone is 1. The Morgan fingerprint density at radius 3 is 2.43 bits per heavy atom. The third kappa shape index (κ3) is 10.5. The molecule has 1 saturated heterocycles. The van der Waals surface area contributed by atoms with Crippen LogP contribution >= 0.6 is 11.6 Å². The molecule has 1 spiro atoms. The first-order valence-electron chi connectivity index (χ1n) is 21.6. The highest BCUT2D eigenvalue weighted by Crippen LogP contribution is 2.40. The van der Waals surface area contributed by atoms with E-state index < -0.39 is 58.7 Å². The van der Waals surface area contributed by atoms with E-state index in [2.05, 4.69) is 27.2 Å². The lowest BCUT2D eigenvalue weighted by atomic mass is 9.84. The second kappa shape index (κ2) is 18.8. The van der Waals surface area contributed by atoms with Gasteiger partial charge in [0.05, 0.1) is 18.3 Å². The molecule has 0 radical (unpaired) electrons. The molecule has 4 amide bonds. The van der Waals surface area contributed by atoms with Crippen LogP contribution in [0, 0.1) is 11.3 Å². The number of Topliss-reactive ketones (excluding diaryl/α,β-unsaturated/α-hetero) is 2. The molecule has 0 aromatic heterocycles. The predicted molar refractivity (Wildman–Crippen MR) is 231 cm³/mol. The van der Waals surface area contributed by atoms with Crippen LogP contribution in [0.25, 0.3) is 5.57 Å². The normalized spacial score (nSPS) is 21.6. The van der Waals surface area contributed by atoms with Crippen LogP contribution in [0.3, 0.4) is 0 Å². The van der Waals surface area contributed by atoms with Crippen molar-refractivity contribution in [1.82, 2.24) is 20.9 Å². The van der Waals surface area contributed by atoms with Gasteiger partial charge in [-0.25, -0.2) is 0 Å². The number of fused-ring (bicyclic) bond motifs is 1. The summed E-state index contributed by atoms with van der Waals surface area (Å²) in [4.78, 5) is 89.8. The first-order valence-corrected chi connectivity index (χ1v) is 21.9. The Morgan fingerprint density at radius 2 is 1.75 bits per heavy atom. The van der Waals surface area contributed by atoms with Crippen molar-refractivity contribution < 1.29 is 33.6 Å².